The second kappa shape index (κ2) is 7.22. The van der Waals surface area contributed by atoms with Gasteiger partial charge < -0.3 is 15.0 Å². The van der Waals surface area contributed by atoms with Gasteiger partial charge in [0.2, 0.25) is 5.91 Å². The Labute approximate surface area is 149 Å². The molecule has 134 valence electrons. The van der Waals surface area contributed by atoms with Crippen molar-refractivity contribution in [3.05, 3.63) is 64.2 Å². The molecule has 3 rings (SSSR count). The van der Waals surface area contributed by atoms with Crippen molar-refractivity contribution in [1.82, 2.24) is 5.32 Å². The van der Waals surface area contributed by atoms with E-state index in [1.54, 1.807) is 36.3 Å². The lowest BCUT2D eigenvalue weighted by Crippen LogP contribution is -2.37. The van der Waals surface area contributed by atoms with E-state index in [1.807, 2.05) is 0 Å². The van der Waals surface area contributed by atoms with Gasteiger partial charge in [0.1, 0.15) is 5.75 Å². The SMILES string of the molecule is COc1cccc(N2C[C@H](NC(=O)c3ccc([N+](=O)[O-])cc3)CC2=O)c1. The molecule has 0 radical (unpaired) electrons. The number of amides is 2. The van der Waals surface area contributed by atoms with Crippen LogP contribution in [-0.4, -0.2) is 36.4 Å². The summed E-state index contributed by atoms with van der Waals surface area (Å²) >= 11 is 0. The van der Waals surface area contributed by atoms with E-state index in [1.165, 1.54) is 24.3 Å². The second-order valence-electron chi connectivity index (χ2n) is 5.88. The first-order valence-electron chi connectivity index (χ1n) is 7.97. The summed E-state index contributed by atoms with van der Waals surface area (Å²) in [6.45, 7) is 0.352. The minimum atomic E-state index is -0.524. The van der Waals surface area contributed by atoms with Crippen LogP contribution in [0.2, 0.25) is 0 Å². The van der Waals surface area contributed by atoms with Crippen LogP contribution in [0.25, 0.3) is 0 Å². The van der Waals surface area contributed by atoms with Gasteiger partial charge >= 0.3 is 0 Å². The number of carbonyl (C=O) groups is 2. The monoisotopic (exact) mass is 355 g/mol. The Morgan fingerprint density at radius 3 is 2.65 bits per heavy atom. The van der Waals surface area contributed by atoms with Crippen LogP contribution < -0.4 is 15.0 Å². The first-order chi connectivity index (χ1) is 12.5. The maximum absolute atomic E-state index is 12.3. The van der Waals surface area contributed by atoms with Gasteiger partial charge in [-0.1, -0.05) is 6.07 Å². The van der Waals surface area contributed by atoms with E-state index in [-0.39, 0.29) is 30.0 Å². The Balaban J connectivity index is 1.66. The maximum atomic E-state index is 12.3. The summed E-state index contributed by atoms with van der Waals surface area (Å²) in [4.78, 5) is 36.3. The summed E-state index contributed by atoms with van der Waals surface area (Å²) in [5, 5.41) is 13.5. The Kier molecular flexibility index (Phi) is 4.83. The summed E-state index contributed by atoms with van der Waals surface area (Å²) in [6, 6.07) is 12.2. The fourth-order valence-electron chi connectivity index (χ4n) is 2.84. The molecule has 2 aromatic rings. The topological polar surface area (TPSA) is 102 Å². The number of benzene rings is 2. The van der Waals surface area contributed by atoms with Crippen LogP contribution in [0.1, 0.15) is 16.8 Å². The number of nitrogens with one attached hydrogen (secondary N) is 1. The van der Waals surface area contributed by atoms with Gasteiger partial charge in [-0.2, -0.15) is 0 Å². The van der Waals surface area contributed by atoms with Crippen molar-refractivity contribution in [1.29, 1.82) is 0 Å². The molecule has 0 unspecified atom stereocenters. The number of nitro groups is 1. The number of ether oxygens (including phenoxy) is 1. The molecule has 2 aromatic carbocycles. The number of rotatable bonds is 5. The van der Waals surface area contributed by atoms with Crippen molar-refractivity contribution < 1.29 is 19.2 Å². The van der Waals surface area contributed by atoms with E-state index in [0.717, 1.165) is 0 Å². The Morgan fingerprint density at radius 1 is 1.27 bits per heavy atom. The number of nitro benzene ring substituents is 1. The molecule has 1 N–H and O–H groups in total. The van der Waals surface area contributed by atoms with E-state index in [4.69, 9.17) is 4.74 Å². The quantitative estimate of drug-likeness (QED) is 0.654. The van der Waals surface area contributed by atoms with E-state index < -0.39 is 4.92 Å². The molecule has 1 fully saturated rings. The molecule has 1 aliphatic rings. The molecule has 0 saturated carbocycles. The Morgan fingerprint density at radius 2 is 2.00 bits per heavy atom. The molecule has 1 atom stereocenters. The minimum Gasteiger partial charge on any atom is -0.497 e. The van der Waals surface area contributed by atoms with Gasteiger partial charge in [-0.15, -0.1) is 0 Å². The largest absolute Gasteiger partial charge is 0.497 e. The summed E-state index contributed by atoms with van der Waals surface area (Å²) in [6.07, 6.45) is 0.190. The van der Waals surface area contributed by atoms with E-state index in [0.29, 0.717) is 23.5 Å². The molecule has 1 aliphatic heterocycles. The fraction of sp³-hybridized carbons (Fsp3) is 0.222. The molecule has 2 amide bonds. The zero-order chi connectivity index (χ0) is 18.7. The number of anilines is 1. The van der Waals surface area contributed by atoms with Crippen LogP contribution in [0.15, 0.2) is 48.5 Å². The van der Waals surface area contributed by atoms with Crippen LogP contribution in [0.5, 0.6) is 5.75 Å². The number of nitrogens with zero attached hydrogens (tertiary/aromatic N) is 2. The van der Waals surface area contributed by atoms with Gasteiger partial charge in [-0.05, 0) is 24.3 Å². The van der Waals surface area contributed by atoms with Gasteiger partial charge in [0.25, 0.3) is 11.6 Å². The number of hydrogen-bond acceptors (Lipinski definition) is 5. The average molecular weight is 355 g/mol. The van der Waals surface area contributed by atoms with Gasteiger partial charge in [-0.25, -0.2) is 0 Å². The smallest absolute Gasteiger partial charge is 0.269 e. The first-order valence-corrected chi connectivity index (χ1v) is 7.97. The second-order valence-corrected chi connectivity index (χ2v) is 5.88. The van der Waals surface area contributed by atoms with Crippen molar-refractivity contribution in [3.8, 4) is 5.75 Å². The Hall–Kier alpha value is -3.42. The van der Waals surface area contributed by atoms with Crippen molar-refractivity contribution >= 4 is 23.2 Å². The first kappa shape index (κ1) is 17.4. The highest BCUT2D eigenvalue weighted by atomic mass is 16.6. The predicted molar refractivity (Wildman–Crippen MR) is 94.3 cm³/mol. The summed E-state index contributed by atoms with van der Waals surface area (Å²) in [7, 11) is 1.55. The normalized spacial score (nSPS) is 16.4. The van der Waals surface area contributed by atoms with E-state index >= 15 is 0 Å². The third-order valence-electron chi connectivity index (χ3n) is 4.17. The van der Waals surface area contributed by atoms with Crippen LogP contribution in [-0.2, 0) is 4.79 Å². The molecule has 8 heteroatoms. The van der Waals surface area contributed by atoms with Crippen LogP contribution >= 0.6 is 0 Å². The molecule has 0 bridgehead atoms. The van der Waals surface area contributed by atoms with Gasteiger partial charge in [-0.3, -0.25) is 19.7 Å². The van der Waals surface area contributed by atoms with Crippen LogP contribution in [0.4, 0.5) is 11.4 Å². The summed E-state index contributed by atoms with van der Waals surface area (Å²) < 4.78 is 5.17. The van der Waals surface area contributed by atoms with Crippen molar-refractivity contribution in [3.63, 3.8) is 0 Å². The highest BCUT2D eigenvalue weighted by Gasteiger charge is 2.32. The highest BCUT2D eigenvalue weighted by molar-refractivity contribution is 5.99. The summed E-state index contributed by atoms with van der Waals surface area (Å²) in [5.41, 5.74) is 0.936. The third kappa shape index (κ3) is 3.64. The molecule has 26 heavy (non-hydrogen) atoms. The number of methoxy groups -OCH3 is 1. The molecule has 1 saturated heterocycles. The molecular weight excluding hydrogens is 338 g/mol. The number of non-ortho nitro benzene ring substituents is 1. The molecule has 8 nitrogen and oxygen atoms in total. The van der Waals surface area contributed by atoms with Crippen LogP contribution in [0, 0.1) is 10.1 Å². The Bertz CT molecular complexity index is 850. The maximum Gasteiger partial charge on any atom is 0.269 e. The number of hydrogen-bond donors (Lipinski definition) is 1. The molecular formula is C18H17N3O5. The minimum absolute atomic E-state index is 0.0817. The average Bonchev–Trinajstić information content (AvgIpc) is 3.02. The molecule has 1 heterocycles. The standard InChI is InChI=1S/C18H17N3O5/c1-26-16-4-2-3-15(10-16)20-11-13(9-17(20)22)19-18(23)12-5-7-14(8-6-12)21(24)25/h2-8,10,13H,9,11H2,1H3,(H,19,23)/t13-/m1/s1. The van der Waals surface area contributed by atoms with Crippen molar-refractivity contribution in [2.75, 3.05) is 18.6 Å². The van der Waals surface area contributed by atoms with E-state index in [9.17, 15) is 19.7 Å². The van der Waals surface area contributed by atoms with Crippen molar-refractivity contribution in [2.45, 2.75) is 12.5 Å². The lowest BCUT2D eigenvalue weighted by molar-refractivity contribution is -0.384. The van der Waals surface area contributed by atoms with Gasteiger partial charge in [0, 0.05) is 42.4 Å². The zero-order valence-electron chi connectivity index (χ0n) is 14.0. The lowest BCUT2D eigenvalue weighted by Gasteiger charge is -2.18. The highest BCUT2D eigenvalue weighted by Crippen LogP contribution is 2.25. The number of carbonyl (C=O) groups excluding carboxylic acids is 2. The molecule has 0 aromatic heterocycles. The van der Waals surface area contributed by atoms with E-state index in [2.05, 4.69) is 5.32 Å². The van der Waals surface area contributed by atoms with Gasteiger partial charge in [0.05, 0.1) is 18.1 Å². The van der Waals surface area contributed by atoms with Crippen molar-refractivity contribution in [2.24, 2.45) is 0 Å². The third-order valence-corrected chi connectivity index (χ3v) is 4.17. The summed E-state index contributed by atoms with van der Waals surface area (Å²) in [5.74, 6) is 0.186. The lowest BCUT2D eigenvalue weighted by atomic mass is 10.1. The fourth-order valence-corrected chi connectivity index (χ4v) is 2.84. The van der Waals surface area contributed by atoms with Crippen LogP contribution in [0.3, 0.4) is 0 Å². The van der Waals surface area contributed by atoms with Gasteiger partial charge in [0.15, 0.2) is 0 Å². The predicted octanol–water partition coefficient (Wildman–Crippen LogP) is 2.14. The molecule has 0 aliphatic carbocycles. The zero-order valence-corrected chi connectivity index (χ0v) is 14.0. The molecule has 0 spiro atoms.